The van der Waals surface area contributed by atoms with Crippen LogP contribution >= 0.6 is 0 Å². The fraction of sp³-hybridized carbons (Fsp3) is 0.364. The van der Waals surface area contributed by atoms with Gasteiger partial charge < -0.3 is 5.32 Å². The summed E-state index contributed by atoms with van der Waals surface area (Å²) in [6, 6.07) is 3.33. The second kappa shape index (κ2) is 4.30. The highest BCUT2D eigenvalue weighted by molar-refractivity contribution is 6.01. The van der Waals surface area contributed by atoms with Gasteiger partial charge in [-0.1, -0.05) is 0 Å². The van der Waals surface area contributed by atoms with Crippen molar-refractivity contribution in [2.24, 2.45) is 0 Å². The lowest BCUT2D eigenvalue weighted by Gasteiger charge is -2.22. The van der Waals surface area contributed by atoms with Gasteiger partial charge in [-0.3, -0.25) is 19.9 Å². The number of hydrogen-bond donors (Lipinski definition) is 2. The van der Waals surface area contributed by atoms with E-state index in [9.17, 15) is 9.59 Å². The lowest BCUT2D eigenvalue weighted by molar-refractivity contribution is -0.133. The molecule has 2 N–H and O–H groups in total. The molecule has 2 amide bonds. The minimum atomic E-state index is -0.334. The number of amides is 2. The first-order chi connectivity index (χ1) is 7.65. The summed E-state index contributed by atoms with van der Waals surface area (Å²) in [7, 11) is 0. The summed E-state index contributed by atoms with van der Waals surface area (Å²) < 4.78 is 0. The summed E-state index contributed by atoms with van der Waals surface area (Å²) in [6.07, 6.45) is 2.60. The number of carbonyl (C=O) groups excluding carboxylic acids is 2. The van der Waals surface area contributed by atoms with Crippen LogP contribution in [0.3, 0.4) is 0 Å². The molecule has 0 radical (unpaired) electrons. The molecule has 1 fully saturated rings. The molecule has 0 aliphatic carbocycles. The van der Waals surface area contributed by atoms with E-state index in [4.69, 9.17) is 0 Å². The zero-order valence-corrected chi connectivity index (χ0v) is 8.99. The molecule has 1 aliphatic rings. The zero-order valence-electron chi connectivity index (χ0n) is 8.99. The quantitative estimate of drug-likeness (QED) is 0.715. The average Bonchev–Trinajstić information content (AvgIpc) is 2.22. The molecule has 0 bridgehead atoms. The van der Waals surface area contributed by atoms with Crippen molar-refractivity contribution in [3.8, 4) is 0 Å². The topological polar surface area (TPSA) is 71.1 Å². The Morgan fingerprint density at radius 1 is 1.50 bits per heavy atom. The second-order valence-electron chi connectivity index (χ2n) is 3.83. The maximum Gasteiger partial charge on any atom is 0.249 e. The number of carbonyl (C=O) groups is 2. The van der Waals surface area contributed by atoms with Crippen LogP contribution < -0.4 is 10.6 Å². The molecule has 0 saturated carbocycles. The van der Waals surface area contributed by atoms with E-state index in [1.165, 1.54) is 0 Å². The van der Waals surface area contributed by atoms with E-state index in [1.807, 2.05) is 13.0 Å². The minimum absolute atomic E-state index is 0.200. The molecule has 0 spiro atoms. The zero-order chi connectivity index (χ0) is 11.5. The Morgan fingerprint density at radius 2 is 2.31 bits per heavy atom. The van der Waals surface area contributed by atoms with Crippen molar-refractivity contribution >= 4 is 17.5 Å². The highest BCUT2D eigenvalue weighted by atomic mass is 16.2. The largest absolute Gasteiger partial charge is 0.374 e. The number of rotatable bonds is 2. The monoisotopic (exact) mass is 219 g/mol. The second-order valence-corrected chi connectivity index (χ2v) is 3.83. The van der Waals surface area contributed by atoms with Gasteiger partial charge in [0.1, 0.15) is 6.04 Å². The molecule has 1 unspecified atom stereocenters. The summed E-state index contributed by atoms with van der Waals surface area (Å²) in [4.78, 5) is 26.5. The molecule has 1 aliphatic heterocycles. The van der Waals surface area contributed by atoms with E-state index in [1.54, 1.807) is 12.3 Å². The molecule has 1 aromatic heterocycles. The Balaban J connectivity index is 2.05. The summed E-state index contributed by atoms with van der Waals surface area (Å²) in [6.45, 7) is 1.88. The van der Waals surface area contributed by atoms with Crippen molar-refractivity contribution in [3.63, 3.8) is 0 Å². The van der Waals surface area contributed by atoms with Crippen LogP contribution in [-0.4, -0.2) is 22.8 Å². The van der Waals surface area contributed by atoms with Crippen molar-refractivity contribution in [3.05, 3.63) is 24.0 Å². The molecule has 1 saturated heterocycles. The van der Waals surface area contributed by atoms with E-state index in [0.717, 1.165) is 11.4 Å². The van der Waals surface area contributed by atoms with Crippen LogP contribution in [0.4, 0.5) is 5.69 Å². The van der Waals surface area contributed by atoms with Crippen LogP contribution in [-0.2, 0) is 9.59 Å². The maximum atomic E-state index is 11.5. The molecule has 2 rings (SSSR count). The maximum absolute atomic E-state index is 11.5. The molecular formula is C11H13N3O2. The van der Waals surface area contributed by atoms with Gasteiger partial charge >= 0.3 is 0 Å². The number of aromatic nitrogens is 1. The number of piperidine rings is 1. The lowest BCUT2D eigenvalue weighted by Crippen LogP contribution is -2.47. The standard InChI is InChI=1S/C11H13N3O2/c1-7-6-8(4-5-12-7)13-9-2-3-10(15)14-11(9)16/h4-6,9H,2-3H2,1H3,(H,12,13)(H,14,15,16). The minimum Gasteiger partial charge on any atom is -0.374 e. The SMILES string of the molecule is Cc1cc(NC2CCC(=O)NC2=O)ccn1. The number of anilines is 1. The molecule has 2 heterocycles. The smallest absolute Gasteiger partial charge is 0.249 e. The summed E-state index contributed by atoms with van der Waals surface area (Å²) in [5.74, 6) is -0.459. The number of nitrogens with one attached hydrogen (secondary N) is 2. The van der Waals surface area contributed by atoms with Gasteiger partial charge in [0, 0.05) is 24.0 Å². The third-order valence-electron chi connectivity index (χ3n) is 2.48. The number of hydrogen-bond acceptors (Lipinski definition) is 4. The van der Waals surface area contributed by atoms with E-state index < -0.39 is 0 Å². The molecule has 84 valence electrons. The van der Waals surface area contributed by atoms with Crippen LogP contribution in [0.5, 0.6) is 0 Å². The average molecular weight is 219 g/mol. The predicted molar refractivity (Wildman–Crippen MR) is 58.8 cm³/mol. The first-order valence-corrected chi connectivity index (χ1v) is 5.18. The van der Waals surface area contributed by atoms with Crippen molar-refractivity contribution < 1.29 is 9.59 Å². The third kappa shape index (κ3) is 2.36. The Bertz CT molecular complexity index is 431. The van der Waals surface area contributed by atoms with Gasteiger partial charge in [-0.15, -0.1) is 0 Å². The van der Waals surface area contributed by atoms with Crippen LogP contribution in [0.25, 0.3) is 0 Å². The number of imide groups is 1. The van der Waals surface area contributed by atoms with E-state index in [0.29, 0.717) is 12.8 Å². The first-order valence-electron chi connectivity index (χ1n) is 5.18. The lowest BCUT2D eigenvalue weighted by atomic mass is 10.1. The van der Waals surface area contributed by atoms with E-state index in [-0.39, 0.29) is 17.9 Å². The van der Waals surface area contributed by atoms with Gasteiger partial charge in [0.25, 0.3) is 0 Å². The van der Waals surface area contributed by atoms with Gasteiger partial charge in [0.2, 0.25) is 11.8 Å². The molecular weight excluding hydrogens is 206 g/mol. The van der Waals surface area contributed by atoms with Crippen LogP contribution in [0.1, 0.15) is 18.5 Å². The van der Waals surface area contributed by atoms with Gasteiger partial charge in [-0.05, 0) is 25.5 Å². The fourth-order valence-electron chi connectivity index (χ4n) is 1.67. The Morgan fingerprint density at radius 3 is 3.00 bits per heavy atom. The van der Waals surface area contributed by atoms with Crippen molar-refractivity contribution in [1.82, 2.24) is 10.3 Å². The first kappa shape index (κ1) is 10.6. The fourth-order valence-corrected chi connectivity index (χ4v) is 1.67. The van der Waals surface area contributed by atoms with Gasteiger partial charge in [-0.25, -0.2) is 0 Å². The Labute approximate surface area is 93.3 Å². The predicted octanol–water partition coefficient (Wildman–Crippen LogP) is 0.607. The number of pyridine rings is 1. The molecule has 0 aromatic carbocycles. The van der Waals surface area contributed by atoms with Crippen molar-refractivity contribution in [2.75, 3.05) is 5.32 Å². The third-order valence-corrected chi connectivity index (χ3v) is 2.48. The Hall–Kier alpha value is -1.91. The van der Waals surface area contributed by atoms with Gasteiger partial charge in [-0.2, -0.15) is 0 Å². The van der Waals surface area contributed by atoms with Gasteiger partial charge in [0.15, 0.2) is 0 Å². The highest BCUT2D eigenvalue weighted by Crippen LogP contribution is 2.13. The molecule has 5 heteroatoms. The summed E-state index contributed by atoms with van der Waals surface area (Å²) in [5.41, 5.74) is 1.74. The summed E-state index contributed by atoms with van der Waals surface area (Å²) >= 11 is 0. The Kier molecular flexibility index (Phi) is 2.85. The van der Waals surface area contributed by atoms with E-state index in [2.05, 4.69) is 15.6 Å². The molecule has 16 heavy (non-hydrogen) atoms. The van der Waals surface area contributed by atoms with Crippen LogP contribution in [0.15, 0.2) is 18.3 Å². The number of aryl methyl sites for hydroxylation is 1. The normalized spacial score (nSPS) is 20.4. The molecule has 5 nitrogen and oxygen atoms in total. The van der Waals surface area contributed by atoms with Crippen molar-refractivity contribution in [1.29, 1.82) is 0 Å². The summed E-state index contributed by atoms with van der Waals surface area (Å²) in [5, 5.41) is 5.40. The van der Waals surface area contributed by atoms with E-state index >= 15 is 0 Å². The van der Waals surface area contributed by atoms with Crippen molar-refractivity contribution in [2.45, 2.75) is 25.8 Å². The highest BCUT2D eigenvalue weighted by Gasteiger charge is 2.26. The number of nitrogens with zero attached hydrogens (tertiary/aromatic N) is 1. The molecule has 1 aromatic rings. The van der Waals surface area contributed by atoms with Gasteiger partial charge in [0.05, 0.1) is 0 Å². The van der Waals surface area contributed by atoms with Crippen LogP contribution in [0.2, 0.25) is 0 Å². The van der Waals surface area contributed by atoms with Crippen LogP contribution in [0, 0.1) is 6.92 Å². The molecule has 1 atom stereocenters.